The Balaban J connectivity index is 1.96. The number of rotatable bonds is 2. The summed E-state index contributed by atoms with van der Waals surface area (Å²) < 4.78 is 0. The number of aryl methyl sites for hydroxylation is 1. The molecule has 1 aliphatic rings. The highest BCUT2D eigenvalue weighted by atomic mass is 15.0. The van der Waals surface area contributed by atoms with Crippen molar-refractivity contribution in [2.75, 3.05) is 13.1 Å². The number of fused-ring (bicyclic) bond motifs is 1. The van der Waals surface area contributed by atoms with Crippen LogP contribution < -0.4 is 5.32 Å². The zero-order chi connectivity index (χ0) is 14.2. The van der Waals surface area contributed by atoms with Gasteiger partial charge in [0.25, 0.3) is 0 Å². The monoisotopic (exact) mass is 275 g/mol. The molecule has 1 N–H and O–H groups in total. The fourth-order valence-electron chi connectivity index (χ4n) is 2.79. The zero-order valence-corrected chi connectivity index (χ0v) is 12.0. The number of benzene rings is 2. The van der Waals surface area contributed by atoms with Crippen molar-refractivity contribution in [3.8, 4) is 11.3 Å². The van der Waals surface area contributed by atoms with Gasteiger partial charge in [0, 0.05) is 24.6 Å². The fraction of sp³-hybridized carbons (Fsp3) is 0.222. The number of nitrogens with zero attached hydrogens (tertiary/aromatic N) is 2. The first-order valence-corrected chi connectivity index (χ1v) is 7.36. The molecule has 104 valence electrons. The van der Waals surface area contributed by atoms with Crippen molar-refractivity contribution in [1.29, 1.82) is 0 Å². The van der Waals surface area contributed by atoms with E-state index in [4.69, 9.17) is 9.97 Å². The smallest absolute Gasteiger partial charge is 0.0929 e. The van der Waals surface area contributed by atoms with Crippen LogP contribution in [0.25, 0.3) is 22.3 Å². The van der Waals surface area contributed by atoms with Crippen LogP contribution >= 0.6 is 0 Å². The predicted octanol–water partition coefficient (Wildman–Crippen LogP) is 3.29. The second-order valence-corrected chi connectivity index (χ2v) is 5.67. The van der Waals surface area contributed by atoms with Gasteiger partial charge in [0.2, 0.25) is 0 Å². The molecule has 0 radical (unpaired) electrons. The van der Waals surface area contributed by atoms with Crippen LogP contribution in [-0.4, -0.2) is 23.1 Å². The van der Waals surface area contributed by atoms with Crippen LogP contribution in [0.5, 0.6) is 0 Å². The SMILES string of the molecule is Cc1cccc(-c2nc3ccccc3nc2C2CNC2)c1. The van der Waals surface area contributed by atoms with Crippen molar-refractivity contribution < 1.29 is 0 Å². The van der Waals surface area contributed by atoms with Gasteiger partial charge in [-0.25, -0.2) is 9.97 Å². The number of para-hydroxylation sites is 2. The van der Waals surface area contributed by atoms with E-state index in [1.54, 1.807) is 0 Å². The summed E-state index contributed by atoms with van der Waals surface area (Å²) in [5.41, 5.74) is 6.51. The lowest BCUT2D eigenvalue weighted by atomic mass is 9.94. The van der Waals surface area contributed by atoms with Crippen LogP contribution in [0, 0.1) is 6.92 Å². The van der Waals surface area contributed by atoms with Gasteiger partial charge in [-0.3, -0.25) is 0 Å². The molecule has 0 unspecified atom stereocenters. The molecule has 2 aromatic carbocycles. The van der Waals surface area contributed by atoms with E-state index in [1.807, 2.05) is 24.3 Å². The van der Waals surface area contributed by atoms with Crippen molar-refractivity contribution in [2.24, 2.45) is 0 Å². The Morgan fingerprint density at radius 2 is 1.71 bits per heavy atom. The van der Waals surface area contributed by atoms with E-state index in [0.717, 1.165) is 41.1 Å². The zero-order valence-electron chi connectivity index (χ0n) is 12.0. The van der Waals surface area contributed by atoms with Crippen molar-refractivity contribution in [1.82, 2.24) is 15.3 Å². The van der Waals surface area contributed by atoms with Gasteiger partial charge in [0.15, 0.2) is 0 Å². The van der Waals surface area contributed by atoms with Crippen LogP contribution in [0.1, 0.15) is 17.2 Å². The molecule has 2 heterocycles. The van der Waals surface area contributed by atoms with Gasteiger partial charge in [-0.2, -0.15) is 0 Å². The van der Waals surface area contributed by atoms with E-state index >= 15 is 0 Å². The van der Waals surface area contributed by atoms with Gasteiger partial charge in [-0.15, -0.1) is 0 Å². The van der Waals surface area contributed by atoms with Crippen LogP contribution in [0.15, 0.2) is 48.5 Å². The highest BCUT2D eigenvalue weighted by Crippen LogP contribution is 2.30. The number of aromatic nitrogens is 2. The van der Waals surface area contributed by atoms with E-state index in [-0.39, 0.29) is 0 Å². The van der Waals surface area contributed by atoms with E-state index in [2.05, 4.69) is 36.5 Å². The first-order valence-electron chi connectivity index (χ1n) is 7.36. The van der Waals surface area contributed by atoms with E-state index in [1.165, 1.54) is 5.56 Å². The molecule has 3 nitrogen and oxygen atoms in total. The molecule has 3 aromatic rings. The molecular weight excluding hydrogens is 258 g/mol. The summed E-state index contributed by atoms with van der Waals surface area (Å²) in [4.78, 5) is 9.80. The second-order valence-electron chi connectivity index (χ2n) is 5.67. The first kappa shape index (κ1) is 12.5. The second kappa shape index (κ2) is 4.93. The fourth-order valence-corrected chi connectivity index (χ4v) is 2.79. The minimum absolute atomic E-state index is 0.470. The average Bonchev–Trinajstić information content (AvgIpc) is 2.45. The lowest BCUT2D eigenvalue weighted by Gasteiger charge is -2.28. The molecule has 0 amide bonds. The van der Waals surface area contributed by atoms with Crippen molar-refractivity contribution in [2.45, 2.75) is 12.8 Å². The van der Waals surface area contributed by atoms with Crippen molar-refractivity contribution in [3.05, 3.63) is 59.8 Å². The predicted molar refractivity (Wildman–Crippen MR) is 85.3 cm³/mol. The largest absolute Gasteiger partial charge is 0.315 e. The molecule has 1 saturated heterocycles. The summed E-state index contributed by atoms with van der Waals surface area (Å²) in [6.45, 7) is 4.10. The minimum atomic E-state index is 0.470. The quantitative estimate of drug-likeness (QED) is 0.780. The number of nitrogens with one attached hydrogen (secondary N) is 1. The van der Waals surface area contributed by atoms with Gasteiger partial charge in [-0.1, -0.05) is 35.9 Å². The summed E-state index contributed by atoms with van der Waals surface area (Å²) in [5.74, 6) is 0.470. The molecule has 0 spiro atoms. The molecule has 0 saturated carbocycles. The Morgan fingerprint density at radius 1 is 0.952 bits per heavy atom. The van der Waals surface area contributed by atoms with Gasteiger partial charge in [-0.05, 0) is 25.1 Å². The Labute approximate surface area is 124 Å². The third-order valence-corrected chi connectivity index (χ3v) is 4.06. The van der Waals surface area contributed by atoms with Crippen LogP contribution in [0.4, 0.5) is 0 Å². The van der Waals surface area contributed by atoms with Crippen LogP contribution in [0.3, 0.4) is 0 Å². The lowest BCUT2D eigenvalue weighted by Crippen LogP contribution is -2.40. The standard InChI is InChI=1S/C18H17N3/c1-12-5-4-6-13(9-12)17-18(14-10-19-11-14)21-16-8-3-2-7-15(16)20-17/h2-9,14,19H,10-11H2,1H3. The van der Waals surface area contributed by atoms with Crippen LogP contribution in [-0.2, 0) is 0 Å². The maximum atomic E-state index is 4.90. The Kier molecular flexibility index (Phi) is 2.93. The third-order valence-electron chi connectivity index (χ3n) is 4.06. The molecule has 1 aromatic heterocycles. The summed E-state index contributed by atoms with van der Waals surface area (Å²) in [5, 5.41) is 3.33. The van der Waals surface area contributed by atoms with Crippen molar-refractivity contribution in [3.63, 3.8) is 0 Å². The van der Waals surface area contributed by atoms with E-state index in [9.17, 15) is 0 Å². The number of hydrogen-bond donors (Lipinski definition) is 1. The topological polar surface area (TPSA) is 37.8 Å². The Morgan fingerprint density at radius 3 is 2.38 bits per heavy atom. The minimum Gasteiger partial charge on any atom is -0.315 e. The normalized spacial score (nSPS) is 15.1. The molecule has 0 bridgehead atoms. The van der Waals surface area contributed by atoms with E-state index < -0.39 is 0 Å². The summed E-state index contributed by atoms with van der Waals surface area (Å²) in [6, 6.07) is 16.6. The summed E-state index contributed by atoms with van der Waals surface area (Å²) >= 11 is 0. The highest BCUT2D eigenvalue weighted by Gasteiger charge is 2.25. The molecule has 0 aliphatic carbocycles. The molecule has 4 rings (SSSR count). The molecular formula is C18H17N3. The molecule has 3 heteroatoms. The lowest BCUT2D eigenvalue weighted by molar-refractivity contribution is 0.441. The summed E-state index contributed by atoms with van der Waals surface area (Å²) in [7, 11) is 0. The number of hydrogen-bond acceptors (Lipinski definition) is 3. The Bertz CT molecular complexity index is 806. The molecule has 21 heavy (non-hydrogen) atoms. The summed E-state index contributed by atoms with van der Waals surface area (Å²) in [6.07, 6.45) is 0. The van der Waals surface area contributed by atoms with Crippen LogP contribution in [0.2, 0.25) is 0 Å². The third kappa shape index (κ3) is 2.20. The van der Waals surface area contributed by atoms with Gasteiger partial charge >= 0.3 is 0 Å². The first-order chi connectivity index (χ1) is 10.3. The van der Waals surface area contributed by atoms with Gasteiger partial charge in [0.1, 0.15) is 0 Å². The Hall–Kier alpha value is -2.26. The maximum Gasteiger partial charge on any atom is 0.0929 e. The van der Waals surface area contributed by atoms with Gasteiger partial charge in [0.05, 0.1) is 22.4 Å². The highest BCUT2D eigenvalue weighted by molar-refractivity contribution is 5.78. The van der Waals surface area contributed by atoms with E-state index in [0.29, 0.717) is 5.92 Å². The van der Waals surface area contributed by atoms with Crippen molar-refractivity contribution >= 4 is 11.0 Å². The molecule has 1 aliphatic heterocycles. The van der Waals surface area contributed by atoms with Gasteiger partial charge < -0.3 is 5.32 Å². The molecule has 0 atom stereocenters. The maximum absolute atomic E-state index is 4.90. The molecule has 1 fully saturated rings. The average molecular weight is 275 g/mol.